The molecule has 0 saturated carbocycles. The number of rotatable bonds is 7. The van der Waals surface area contributed by atoms with Crippen LogP contribution < -0.4 is 21.3 Å². The fraction of sp³-hybridized carbons (Fsp3) is 0.400. The number of hydrogen-bond acceptors (Lipinski definition) is 6. The van der Waals surface area contributed by atoms with Gasteiger partial charge in [-0.1, -0.05) is 16.8 Å². The molecule has 2 aromatic rings. The molecule has 1 aromatic heterocycles. The minimum absolute atomic E-state index is 0.133. The van der Waals surface area contributed by atoms with Crippen LogP contribution in [0.4, 0.5) is 0 Å². The van der Waals surface area contributed by atoms with Crippen molar-refractivity contribution in [1.82, 2.24) is 26.4 Å². The van der Waals surface area contributed by atoms with Crippen molar-refractivity contribution in [3.8, 4) is 0 Å². The van der Waals surface area contributed by atoms with E-state index >= 15 is 0 Å². The van der Waals surface area contributed by atoms with Crippen LogP contribution >= 0.6 is 11.6 Å². The van der Waals surface area contributed by atoms with Gasteiger partial charge in [-0.15, -0.1) is 0 Å². The monoisotopic (exact) mass is 433 g/mol. The van der Waals surface area contributed by atoms with Gasteiger partial charge in [0.05, 0.1) is 0 Å². The van der Waals surface area contributed by atoms with Gasteiger partial charge in [-0.25, -0.2) is 0 Å². The number of hydrogen-bond donors (Lipinski definition) is 4. The molecule has 160 valence electrons. The van der Waals surface area contributed by atoms with Crippen LogP contribution in [-0.2, 0) is 4.79 Å². The topological polar surface area (TPSA) is 125 Å². The Morgan fingerprint density at radius 3 is 2.40 bits per heavy atom. The quantitative estimate of drug-likeness (QED) is 0.483. The number of piperidine rings is 1. The van der Waals surface area contributed by atoms with Gasteiger partial charge < -0.3 is 25.8 Å². The number of benzene rings is 1. The summed E-state index contributed by atoms with van der Waals surface area (Å²) in [4.78, 5) is 37.6. The lowest BCUT2D eigenvalue weighted by molar-refractivity contribution is -0.128. The van der Waals surface area contributed by atoms with Gasteiger partial charge in [0.25, 0.3) is 11.8 Å². The summed E-state index contributed by atoms with van der Waals surface area (Å²) in [5.41, 5.74) is -0.431. The number of aryl methyl sites for hydroxylation is 1. The zero-order chi connectivity index (χ0) is 21.6. The fourth-order valence-corrected chi connectivity index (χ4v) is 3.37. The third-order valence-corrected chi connectivity index (χ3v) is 5.16. The van der Waals surface area contributed by atoms with Crippen LogP contribution in [0.2, 0.25) is 5.02 Å². The van der Waals surface area contributed by atoms with E-state index in [0.29, 0.717) is 42.3 Å². The molecule has 2 heterocycles. The molecule has 3 amide bonds. The molecule has 0 spiro atoms. The summed E-state index contributed by atoms with van der Waals surface area (Å²) in [7, 11) is 0. The van der Waals surface area contributed by atoms with Crippen molar-refractivity contribution in [3.63, 3.8) is 0 Å². The van der Waals surface area contributed by atoms with Crippen LogP contribution in [0.5, 0.6) is 0 Å². The zero-order valence-electron chi connectivity index (χ0n) is 16.6. The number of amides is 3. The van der Waals surface area contributed by atoms with Crippen molar-refractivity contribution in [2.75, 3.05) is 26.2 Å². The average molecular weight is 434 g/mol. The minimum Gasteiger partial charge on any atom is -0.361 e. The zero-order valence-corrected chi connectivity index (χ0v) is 17.3. The molecule has 4 N–H and O–H groups in total. The number of nitrogens with zero attached hydrogens (tertiary/aromatic N) is 1. The summed E-state index contributed by atoms with van der Waals surface area (Å²) in [6.07, 6.45) is 0.886. The molecule has 1 aliphatic rings. The molecular weight excluding hydrogens is 410 g/mol. The number of carbonyl (C=O) groups excluding carboxylic acids is 3. The predicted molar refractivity (Wildman–Crippen MR) is 110 cm³/mol. The van der Waals surface area contributed by atoms with E-state index in [1.165, 1.54) is 6.07 Å². The second-order valence-corrected chi connectivity index (χ2v) is 7.56. The maximum atomic E-state index is 12.9. The average Bonchev–Trinajstić information content (AvgIpc) is 3.18. The maximum absolute atomic E-state index is 12.9. The summed E-state index contributed by atoms with van der Waals surface area (Å²) < 4.78 is 4.94. The Kier molecular flexibility index (Phi) is 7.07. The second kappa shape index (κ2) is 9.73. The van der Waals surface area contributed by atoms with Gasteiger partial charge >= 0.3 is 0 Å². The van der Waals surface area contributed by atoms with Crippen molar-refractivity contribution in [3.05, 3.63) is 52.4 Å². The van der Waals surface area contributed by atoms with Gasteiger partial charge in [0.15, 0.2) is 5.69 Å². The molecule has 1 saturated heterocycles. The summed E-state index contributed by atoms with van der Waals surface area (Å²) >= 11 is 5.82. The lowest BCUT2D eigenvalue weighted by Crippen LogP contribution is -2.63. The van der Waals surface area contributed by atoms with Gasteiger partial charge in [-0.2, -0.15) is 0 Å². The highest BCUT2D eigenvalue weighted by Crippen LogP contribution is 2.20. The van der Waals surface area contributed by atoms with E-state index in [1.807, 2.05) is 0 Å². The van der Waals surface area contributed by atoms with E-state index in [-0.39, 0.29) is 30.6 Å². The molecule has 10 heteroatoms. The van der Waals surface area contributed by atoms with E-state index in [4.69, 9.17) is 16.1 Å². The molecule has 9 nitrogen and oxygen atoms in total. The smallest absolute Gasteiger partial charge is 0.274 e. The Morgan fingerprint density at radius 1 is 1.10 bits per heavy atom. The van der Waals surface area contributed by atoms with Crippen LogP contribution in [0.1, 0.15) is 39.4 Å². The Labute approximate surface area is 178 Å². The van der Waals surface area contributed by atoms with Crippen LogP contribution in [0, 0.1) is 6.92 Å². The van der Waals surface area contributed by atoms with Crippen molar-refractivity contribution >= 4 is 29.3 Å². The van der Waals surface area contributed by atoms with Gasteiger partial charge in [-0.3, -0.25) is 14.4 Å². The summed E-state index contributed by atoms with van der Waals surface area (Å²) in [6, 6.07) is 8.05. The van der Waals surface area contributed by atoms with Gasteiger partial charge in [0, 0.05) is 29.7 Å². The Bertz CT molecular complexity index is 906. The van der Waals surface area contributed by atoms with Gasteiger partial charge in [-0.05, 0) is 57.1 Å². The van der Waals surface area contributed by atoms with Crippen LogP contribution in [-0.4, -0.2) is 54.6 Å². The molecule has 1 aliphatic heterocycles. The largest absolute Gasteiger partial charge is 0.361 e. The third-order valence-electron chi connectivity index (χ3n) is 4.91. The first kappa shape index (κ1) is 21.8. The molecule has 1 fully saturated rings. The normalized spacial score (nSPS) is 15.3. The standard InChI is InChI=1S/C20H24ClN5O4/c1-13-12-16(26-30-13)18(28)25-20(6-8-22-9-7-20)19(29)24-11-10-23-17(27)14-2-4-15(21)5-3-14/h2-5,12,22H,6-11H2,1H3,(H,23,27)(H,24,29)(H,25,28). The van der Waals surface area contributed by atoms with Crippen molar-refractivity contribution in [1.29, 1.82) is 0 Å². The number of halogens is 1. The molecule has 30 heavy (non-hydrogen) atoms. The highest BCUT2D eigenvalue weighted by atomic mass is 35.5. The van der Waals surface area contributed by atoms with E-state index < -0.39 is 11.4 Å². The first-order chi connectivity index (χ1) is 14.4. The van der Waals surface area contributed by atoms with Crippen LogP contribution in [0.25, 0.3) is 0 Å². The molecule has 0 aliphatic carbocycles. The molecule has 1 aromatic carbocycles. The summed E-state index contributed by atoms with van der Waals surface area (Å²) in [5, 5.41) is 15.8. The first-order valence-electron chi connectivity index (χ1n) is 9.68. The summed E-state index contributed by atoms with van der Waals surface area (Å²) in [5.74, 6) is -0.495. The van der Waals surface area contributed by atoms with Crippen molar-refractivity contribution < 1.29 is 18.9 Å². The maximum Gasteiger partial charge on any atom is 0.274 e. The molecule has 0 radical (unpaired) electrons. The molecular formula is C20H24ClN5O4. The predicted octanol–water partition coefficient (Wildman–Crippen LogP) is 1.03. The van der Waals surface area contributed by atoms with E-state index in [0.717, 1.165) is 0 Å². The van der Waals surface area contributed by atoms with Crippen molar-refractivity contribution in [2.45, 2.75) is 25.3 Å². The SMILES string of the molecule is Cc1cc(C(=O)NC2(C(=O)NCCNC(=O)c3ccc(Cl)cc3)CCNCC2)no1. The number of aromatic nitrogens is 1. The highest BCUT2D eigenvalue weighted by molar-refractivity contribution is 6.30. The second-order valence-electron chi connectivity index (χ2n) is 7.13. The fourth-order valence-electron chi connectivity index (χ4n) is 3.24. The lowest BCUT2D eigenvalue weighted by Gasteiger charge is -2.36. The van der Waals surface area contributed by atoms with Crippen molar-refractivity contribution in [2.24, 2.45) is 0 Å². The Hall–Kier alpha value is -2.91. The highest BCUT2D eigenvalue weighted by Gasteiger charge is 2.41. The number of carbonyl (C=O) groups is 3. The summed E-state index contributed by atoms with van der Waals surface area (Å²) in [6.45, 7) is 3.36. The Balaban J connectivity index is 1.54. The lowest BCUT2D eigenvalue weighted by atomic mass is 9.87. The molecule has 0 atom stereocenters. The molecule has 3 rings (SSSR count). The molecule has 0 unspecified atom stereocenters. The van der Waals surface area contributed by atoms with Gasteiger partial charge in [0.1, 0.15) is 11.3 Å². The van der Waals surface area contributed by atoms with E-state index in [2.05, 4.69) is 26.4 Å². The number of nitrogens with one attached hydrogen (secondary N) is 4. The first-order valence-corrected chi connectivity index (χ1v) is 10.1. The van der Waals surface area contributed by atoms with Crippen LogP contribution in [0.15, 0.2) is 34.9 Å². The van der Waals surface area contributed by atoms with E-state index in [1.54, 1.807) is 31.2 Å². The van der Waals surface area contributed by atoms with Gasteiger partial charge in [0.2, 0.25) is 5.91 Å². The third kappa shape index (κ3) is 5.37. The molecule has 0 bridgehead atoms. The Morgan fingerprint density at radius 2 is 1.77 bits per heavy atom. The minimum atomic E-state index is -1.05. The van der Waals surface area contributed by atoms with E-state index in [9.17, 15) is 14.4 Å². The van der Waals surface area contributed by atoms with Crippen LogP contribution in [0.3, 0.4) is 0 Å².